The fraction of sp³-hybridized carbons (Fsp3) is 0.789. The highest BCUT2D eigenvalue weighted by atomic mass is 16.5. The van der Waals surface area contributed by atoms with Gasteiger partial charge < -0.3 is 14.5 Å². The van der Waals surface area contributed by atoms with Crippen LogP contribution in [0.3, 0.4) is 0 Å². The molecule has 3 aliphatic heterocycles. The second-order valence-corrected chi connectivity index (χ2v) is 7.96. The molecule has 3 rings (SSSR count). The van der Waals surface area contributed by atoms with Gasteiger partial charge in [-0.1, -0.05) is 5.57 Å². The fourth-order valence-electron chi connectivity index (χ4n) is 4.25. The first-order valence-electron chi connectivity index (χ1n) is 9.31. The van der Waals surface area contributed by atoms with E-state index in [1.807, 2.05) is 23.6 Å². The molecule has 1 atom stereocenters. The van der Waals surface area contributed by atoms with E-state index in [0.717, 1.165) is 70.5 Å². The van der Waals surface area contributed by atoms with Crippen LogP contribution in [0.4, 0.5) is 0 Å². The van der Waals surface area contributed by atoms with Crippen LogP contribution in [0.1, 0.15) is 52.4 Å². The zero-order valence-electron chi connectivity index (χ0n) is 15.1. The molecule has 3 saturated heterocycles. The number of carbonyl (C=O) groups is 2. The summed E-state index contributed by atoms with van der Waals surface area (Å²) in [5, 5.41) is 0. The maximum absolute atomic E-state index is 12.3. The number of nitrogens with zero attached hydrogens (tertiary/aromatic N) is 2. The smallest absolute Gasteiger partial charge is 0.246 e. The van der Waals surface area contributed by atoms with E-state index in [1.54, 1.807) is 6.08 Å². The number of hydrogen-bond donors (Lipinski definition) is 0. The predicted molar refractivity (Wildman–Crippen MR) is 92.5 cm³/mol. The third-order valence-electron chi connectivity index (χ3n) is 5.74. The lowest BCUT2D eigenvalue weighted by molar-refractivity contribution is -0.143. The average Bonchev–Trinajstić information content (AvgIpc) is 3.04. The van der Waals surface area contributed by atoms with Crippen LogP contribution in [0.5, 0.6) is 0 Å². The Balaban J connectivity index is 1.57. The number of carbonyl (C=O) groups excluding carboxylic acids is 2. The highest BCUT2D eigenvalue weighted by Crippen LogP contribution is 2.40. The molecule has 0 aromatic heterocycles. The largest absolute Gasteiger partial charge is 0.376 e. The predicted octanol–water partition coefficient (Wildman–Crippen LogP) is 2.36. The summed E-state index contributed by atoms with van der Waals surface area (Å²) in [4.78, 5) is 28.5. The van der Waals surface area contributed by atoms with Gasteiger partial charge in [0, 0.05) is 45.3 Å². The molecule has 134 valence electrons. The van der Waals surface area contributed by atoms with Crippen LogP contribution >= 0.6 is 0 Å². The lowest BCUT2D eigenvalue weighted by atomic mass is 9.72. The van der Waals surface area contributed by atoms with Gasteiger partial charge in [0.2, 0.25) is 11.8 Å². The number of hydrogen-bond acceptors (Lipinski definition) is 3. The maximum Gasteiger partial charge on any atom is 0.246 e. The van der Waals surface area contributed by atoms with E-state index in [2.05, 4.69) is 0 Å². The maximum atomic E-state index is 12.3. The molecule has 2 amide bonds. The zero-order chi connectivity index (χ0) is 17.2. The Morgan fingerprint density at radius 3 is 2.67 bits per heavy atom. The third-order valence-corrected chi connectivity index (χ3v) is 5.74. The summed E-state index contributed by atoms with van der Waals surface area (Å²) in [6, 6.07) is 0. The van der Waals surface area contributed by atoms with Gasteiger partial charge in [-0.2, -0.15) is 0 Å². The minimum atomic E-state index is 0.132. The molecule has 5 heteroatoms. The van der Waals surface area contributed by atoms with Gasteiger partial charge in [0.1, 0.15) is 0 Å². The van der Waals surface area contributed by atoms with Crippen LogP contribution in [0.25, 0.3) is 0 Å². The van der Waals surface area contributed by atoms with Crippen molar-refractivity contribution in [3.05, 3.63) is 11.6 Å². The number of amides is 2. The molecule has 0 aromatic carbocycles. The summed E-state index contributed by atoms with van der Waals surface area (Å²) in [6.07, 6.45) is 7.76. The van der Waals surface area contributed by atoms with Crippen LogP contribution in [0.2, 0.25) is 0 Å². The Bertz CT molecular complexity index is 511. The number of allylic oxidation sites excluding steroid dienone is 1. The van der Waals surface area contributed by atoms with Crippen LogP contribution in [0.15, 0.2) is 11.6 Å². The van der Waals surface area contributed by atoms with Crippen molar-refractivity contribution in [2.45, 2.75) is 58.5 Å². The summed E-state index contributed by atoms with van der Waals surface area (Å²) in [5.41, 5.74) is 1.25. The van der Waals surface area contributed by atoms with Gasteiger partial charge in [-0.3, -0.25) is 9.59 Å². The number of likely N-dealkylation sites (tertiary alicyclic amines) is 2. The topological polar surface area (TPSA) is 49.9 Å². The number of piperidine rings is 2. The molecule has 3 heterocycles. The summed E-state index contributed by atoms with van der Waals surface area (Å²) in [7, 11) is 0. The van der Waals surface area contributed by atoms with Crippen molar-refractivity contribution < 1.29 is 14.3 Å². The lowest BCUT2D eigenvalue weighted by Crippen LogP contribution is -2.53. The quantitative estimate of drug-likeness (QED) is 0.745. The van der Waals surface area contributed by atoms with Crippen molar-refractivity contribution in [1.29, 1.82) is 0 Å². The highest BCUT2D eigenvalue weighted by molar-refractivity contribution is 5.88. The minimum absolute atomic E-state index is 0.132. The van der Waals surface area contributed by atoms with Gasteiger partial charge in [-0.05, 0) is 51.4 Å². The molecule has 0 N–H and O–H groups in total. The third kappa shape index (κ3) is 4.00. The molecular formula is C19H30N2O3. The highest BCUT2D eigenvalue weighted by Gasteiger charge is 2.42. The molecule has 5 nitrogen and oxygen atoms in total. The number of rotatable bonds is 3. The van der Waals surface area contributed by atoms with Crippen molar-refractivity contribution in [1.82, 2.24) is 9.80 Å². The molecule has 3 aliphatic rings. The Hall–Kier alpha value is -1.36. The van der Waals surface area contributed by atoms with Crippen LogP contribution in [-0.2, 0) is 14.3 Å². The Kier molecular flexibility index (Phi) is 5.28. The Labute approximate surface area is 145 Å². The summed E-state index contributed by atoms with van der Waals surface area (Å²) in [6.45, 7) is 7.96. The summed E-state index contributed by atoms with van der Waals surface area (Å²) < 4.78 is 5.71. The Morgan fingerprint density at radius 1 is 1.29 bits per heavy atom. The average molecular weight is 334 g/mol. The molecule has 0 aliphatic carbocycles. The van der Waals surface area contributed by atoms with E-state index in [0.29, 0.717) is 6.42 Å². The minimum Gasteiger partial charge on any atom is -0.376 e. The second-order valence-electron chi connectivity index (χ2n) is 7.96. The molecule has 0 aromatic rings. The van der Waals surface area contributed by atoms with E-state index >= 15 is 0 Å². The SMILES string of the molecule is CC(C)=CC(=O)N1CCC2(CCC(=O)N(C[C@H]3CCCO3)C2)CC1. The zero-order valence-corrected chi connectivity index (χ0v) is 15.1. The van der Waals surface area contributed by atoms with Crippen LogP contribution < -0.4 is 0 Å². The summed E-state index contributed by atoms with van der Waals surface area (Å²) >= 11 is 0. The standard InChI is InChI=1S/C19H30N2O3/c1-15(2)12-18(23)20-9-7-19(8-10-20)6-5-17(22)21(14-19)13-16-4-3-11-24-16/h12,16H,3-11,13-14H2,1-2H3/t16-/m1/s1. The lowest BCUT2D eigenvalue weighted by Gasteiger charge is -2.47. The van der Waals surface area contributed by atoms with Crippen LogP contribution in [-0.4, -0.2) is 60.5 Å². The molecule has 3 fully saturated rings. The van der Waals surface area contributed by atoms with Gasteiger partial charge >= 0.3 is 0 Å². The van der Waals surface area contributed by atoms with Gasteiger partial charge in [0.05, 0.1) is 6.10 Å². The van der Waals surface area contributed by atoms with Gasteiger partial charge in [0.25, 0.3) is 0 Å². The molecule has 1 spiro atoms. The van der Waals surface area contributed by atoms with Crippen LogP contribution in [0, 0.1) is 5.41 Å². The first-order chi connectivity index (χ1) is 11.5. The second kappa shape index (κ2) is 7.26. The fourth-order valence-corrected chi connectivity index (χ4v) is 4.25. The monoisotopic (exact) mass is 334 g/mol. The molecule has 0 saturated carbocycles. The van der Waals surface area contributed by atoms with Crippen molar-refractivity contribution in [3.8, 4) is 0 Å². The van der Waals surface area contributed by atoms with Gasteiger partial charge in [-0.25, -0.2) is 0 Å². The molecule has 0 radical (unpaired) electrons. The van der Waals surface area contributed by atoms with Gasteiger partial charge in [-0.15, -0.1) is 0 Å². The van der Waals surface area contributed by atoms with Crippen molar-refractivity contribution in [3.63, 3.8) is 0 Å². The normalized spacial score (nSPS) is 26.8. The first kappa shape index (κ1) is 17.5. The molecule has 0 bridgehead atoms. The van der Waals surface area contributed by atoms with Gasteiger partial charge in [0.15, 0.2) is 0 Å². The van der Waals surface area contributed by atoms with Crippen molar-refractivity contribution in [2.75, 3.05) is 32.8 Å². The molecule has 0 unspecified atom stereocenters. The number of ether oxygens (including phenoxy) is 1. The summed E-state index contributed by atoms with van der Waals surface area (Å²) in [5.74, 6) is 0.409. The van der Waals surface area contributed by atoms with E-state index in [1.165, 1.54) is 0 Å². The van der Waals surface area contributed by atoms with E-state index in [-0.39, 0.29) is 23.3 Å². The van der Waals surface area contributed by atoms with E-state index in [4.69, 9.17) is 4.74 Å². The van der Waals surface area contributed by atoms with E-state index < -0.39 is 0 Å². The molecular weight excluding hydrogens is 304 g/mol. The first-order valence-corrected chi connectivity index (χ1v) is 9.31. The molecule has 24 heavy (non-hydrogen) atoms. The van der Waals surface area contributed by atoms with Crippen molar-refractivity contribution in [2.24, 2.45) is 5.41 Å². The van der Waals surface area contributed by atoms with E-state index in [9.17, 15) is 9.59 Å². The van der Waals surface area contributed by atoms with Crippen molar-refractivity contribution >= 4 is 11.8 Å². The Morgan fingerprint density at radius 2 is 2.04 bits per heavy atom.